The lowest BCUT2D eigenvalue weighted by atomic mass is 10.1. The van der Waals surface area contributed by atoms with E-state index in [0.29, 0.717) is 23.8 Å². The van der Waals surface area contributed by atoms with Gasteiger partial charge in [-0.15, -0.1) is 0 Å². The second kappa shape index (κ2) is 13.2. The summed E-state index contributed by atoms with van der Waals surface area (Å²) in [6.45, 7) is 1.67. The minimum Gasteiger partial charge on any atom is -0.493 e. The monoisotopic (exact) mass is 522 g/mol. The van der Waals surface area contributed by atoms with E-state index in [1.165, 1.54) is 0 Å². The first-order valence-electron chi connectivity index (χ1n) is 11.4. The highest BCUT2D eigenvalue weighted by molar-refractivity contribution is 6.30. The number of rotatable bonds is 9. The zero-order valence-electron chi connectivity index (χ0n) is 20.4. The molecule has 0 spiro atoms. The first kappa shape index (κ1) is 27.4. The van der Waals surface area contributed by atoms with Gasteiger partial charge in [-0.3, -0.25) is 0 Å². The highest BCUT2D eigenvalue weighted by Crippen LogP contribution is 2.30. The van der Waals surface area contributed by atoms with Crippen LogP contribution in [0.25, 0.3) is 28.0 Å². The Labute approximate surface area is 219 Å². The first-order chi connectivity index (χ1) is 17.7. The molecule has 0 saturated heterocycles. The van der Waals surface area contributed by atoms with Crippen molar-refractivity contribution < 1.29 is 24.5 Å². The van der Waals surface area contributed by atoms with Crippen molar-refractivity contribution >= 4 is 34.6 Å². The molecule has 4 rings (SSSR count). The van der Waals surface area contributed by atoms with Gasteiger partial charge in [0.25, 0.3) is 0 Å². The molecule has 0 fully saturated rings. The van der Waals surface area contributed by atoms with Gasteiger partial charge in [0.15, 0.2) is 5.65 Å². The van der Waals surface area contributed by atoms with Gasteiger partial charge >= 0.3 is 11.9 Å². The highest BCUT2D eigenvalue weighted by atomic mass is 35.5. The number of hydrogen-bond acceptors (Lipinski definition) is 6. The molecule has 0 atom stereocenters. The molecule has 2 heterocycles. The fraction of sp³-hybridized carbons (Fsp3) is 0.185. The number of nitrogens with zero attached hydrogens (tertiary/aromatic N) is 4. The summed E-state index contributed by atoms with van der Waals surface area (Å²) in [5.41, 5.74) is 3.60. The molecule has 10 heteroatoms. The van der Waals surface area contributed by atoms with Crippen molar-refractivity contribution in [1.82, 2.24) is 19.7 Å². The van der Waals surface area contributed by atoms with Crippen LogP contribution in [0.3, 0.4) is 0 Å². The normalized spacial score (nSPS) is 10.9. The van der Waals surface area contributed by atoms with Crippen LogP contribution in [0.4, 0.5) is 0 Å². The van der Waals surface area contributed by atoms with Gasteiger partial charge in [0.05, 0.1) is 12.3 Å². The van der Waals surface area contributed by atoms with Crippen molar-refractivity contribution in [2.75, 3.05) is 27.2 Å². The summed E-state index contributed by atoms with van der Waals surface area (Å²) < 4.78 is 7.80. The summed E-state index contributed by atoms with van der Waals surface area (Å²) in [7, 11) is 4.13. The maximum Gasteiger partial charge on any atom is 0.328 e. The number of pyridine rings is 1. The number of carboxylic acid groups (broad SMARTS) is 2. The fourth-order valence-electron chi connectivity index (χ4n) is 3.37. The summed E-state index contributed by atoms with van der Waals surface area (Å²) in [6, 6.07) is 19.6. The molecule has 2 aromatic carbocycles. The Morgan fingerprint density at radius 1 is 1.03 bits per heavy atom. The molecule has 0 amide bonds. The van der Waals surface area contributed by atoms with Gasteiger partial charge in [-0.2, -0.15) is 5.10 Å². The Balaban J connectivity index is 0.000000414. The summed E-state index contributed by atoms with van der Waals surface area (Å²) in [5.74, 6) is -1.69. The minimum absolute atomic E-state index is 0.558. The quantitative estimate of drug-likeness (QED) is 0.238. The lowest BCUT2D eigenvalue weighted by molar-refractivity contribution is -0.134. The van der Waals surface area contributed by atoms with Gasteiger partial charge in [-0.25, -0.2) is 19.3 Å². The van der Waals surface area contributed by atoms with E-state index in [2.05, 4.69) is 24.0 Å². The van der Waals surface area contributed by atoms with Crippen LogP contribution in [0.5, 0.6) is 5.75 Å². The second-order valence-electron chi connectivity index (χ2n) is 8.15. The lowest BCUT2D eigenvalue weighted by Gasteiger charge is -2.11. The van der Waals surface area contributed by atoms with Crippen LogP contribution in [0.15, 0.2) is 79.0 Å². The Morgan fingerprint density at radius 2 is 1.73 bits per heavy atom. The number of carboxylic acids is 2. The van der Waals surface area contributed by atoms with E-state index in [1.807, 2.05) is 65.3 Å². The molecule has 192 valence electrons. The molecule has 0 aliphatic heterocycles. The molecule has 0 unspecified atom stereocenters. The largest absolute Gasteiger partial charge is 0.493 e. The van der Waals surface area contributed by atoms with E-state index in [4.69, 9.17) is 31.6 Å². The van der Waals surface area contributed by atoms with Crippen molar-refractivity contribution in [3.8, 4) is 22.7 Å². The molecule has 4 aromatic rings. The predicted octanol–water partition coefficient (Wildman–Crippen LogP) is 4.78. The van der Waals surface area contributed by atoms with Crippen molar-refractivity contribution in [3.05, 3.63) is 84.0 Å². The SMILES string of the molecule is CN(C)CCCOc1cccc(-n2nc(-c3ccc(Cl)cc3)c3cccnc32)c1.O=C(O)C=CC(=O)O. The number of carbonyl (C=O) groups is 2. The molecule has 0 aliphatic rings. The molecule has 0 bridgehead atoms. The van der Waals surface area contributed by atoms with Crippen LogP contribution in [0.2, 0.25) is 5.02 Å². The number of aliphatic carboxylic acids is 2. The van der Waals surface area contributed by atoms with Crippen molar-refractivity contribution in [1.29, 1.82) is 0 Å². The maximum atomic E-state index is 9.55. The Hall–Kier alpha value is -4.21. The molecular weight excluding hydrogens is 496 g/mol. The van der Waals surface area contributed by atoms with Crippen molar-refractivity contribution in [3.63, 3.8) is 0 Å². The van der Waals surface area contributed by atoms with Gasteiger partial charge in [0, 0.05) is 46.9 Å². The molecular formula is C27H27ClN4O5. The van der Waals surface area contributed by atoms with Gasteiger partial charge in [0.1, 0.15) is 11.4 Å². The zero-order chi connectivity index (χ0) is 26.8. The van der Waals surface area contributed by atoms with E-state index < -0.39 is 11.9 Å². The van der Waals surface area contributed by atoms with E-state index in [9.17, 15) is 9.59 Å². The van der Waals surface area contributed by atoms with Crippen LogP contribution in [0, 0.1) is 0 Å². The second-order valence-corrected chi connectivity index (χ2v) is 8.59. The van der Waals surface area contributed by atoms with Gasteiger partial charge in [0.2, 0.25) is 0 Å². The highest BCUT2D eigenvalue weighted by Gasteiger charge is 2.14. The van der Waals surface area contributed by atoms with E-state index >= 15 is 0 Å². The van der Waals surface area contributed by atoms with Crippen molar-refractivity contribution in [2.24, 2.45) is 0 Å². The van der Waals surface area contributed by atoms with Crippen LogP contribution in [0.1, 0.15) is 6.42 Å². The van der Waals surface area contributed by atoms with Crippen LogP contribution < -0.4 is 4.74 Å². The van der Waals surface area contributed by atoms with Gasteiger partial charge in [-0.05, 0) is 56.9 Å². The summed E-state index contributed by atoms with van der Waals surface area (Å²) in [4.78, 5) is 25.8. The molecule has 0 aliphatic carbocycles. The number of fused-ring (bicyclic) bond motifs is 1. The average molecular weight is 523 g/mol. The fourth-order valence-corrected chi connectivity index (χ4v) is 3.50. The van der Waals surface area contributed by atoms with E-state index in [-0.39, 0.29) is 0 Å². The summed E-state index contributed by atoms with van der Waals surface area (Å²) in [5, 5.41) is 22.2. The summed E-state index contributed by atoms with van der Waals surface area (Å²) >= 11 is 6.05. The van der Waals surface area contributed by atoms with Crippen LogP contribution >= 0.6 is 11.6 Å². The number of hydrogen-bond donors (Lipinski definition) is 2. The third-order valence-corrected chi connectivity index (χ3v) is 5.26. The van der Waals surface area contributed by atoms with Crippen LogP contribution in [-0.4, -0.2) is 69.1 Å². The number of aromatic nitrogens is 3. The average Bonchev–Trinajstić information content (AvgIpc) is 3.26. The third kappa shape index (κ3) is 8.16. The minimum atomic E-state index is -1.26. The number of ether oxygens (including phenoxy) is 1. The Bertz CT molecular complexity index is 1370. The first-order valence-corrected chi connectivity index (χ1v) is 11.7. The molecule has 0 saturated carbocycles. The van der Waals surface area contributed by atoms with Gasteiger partial charge < -0.3 is 19.8 Å². The summed E-state index contributed by atoms with van der Waals surface area (Å²) in [6.07, 6.45) is 3.88. The molecule has 0 radical (unpaired) electrons. The van der Waals surface area contributed by atoms with E-state index in [1.54, 1.807) is 6.20 Å². The third-order valence-electron chi connectivity index (χ3n) is 5.01. The Kier molecular flexibility index (Phi) is 9.76. The van der Waals surface area contributed by atoms with E-state index in [0.717, 1.165) is 46.7 Å². The lowest BCUT2D eigenvalue weighted by Crippen LogP contribution is -2.15. The maximum absolute atomic E-state index is 9.55. The molecule has 37 heavy (non-hydrogen) atoms. The van der Waals surface area contributed by atoms with Crippen LogP contribution in [-0.2, 0) is 9.59 Å². The molecule has 9 nitrogen and oxygen atoms in total. The standard InChI is InChI=1S/C23H23ClN4O.C4H4O4/c1-27(2)14-5-15-29-20-7-3-6-19(16-20)28-23-21(8-4-13-25-23)22(26-28)17-9-11-18(24)12-10-17;5-3(6)1-2-4(7)8/h3-4,6-13,16H,5,14-15H2,1-2H3;1-2H,(H,5,6)(H,7,8). The number of halogens is 1. The zero-order valence-corrected chi connectivity index (χ0v) is 21.2. The molecule has 2 N–H and O–H groups in total. The molecule has 2 aromatic heterocycles. The van der Waals surface area contributed by atoms with Crippen molar-refractivity contribution in [2.45, 2.75) is 6.42 Å². The van der Waals surface area contributed by atoms with Gasteiger partial charge in [-0.1, -0.05) is 29.8 Å². The topological polar surface area (TPSA) is 118 Å². The smallest absolute Gasteiger partial charge is 0.328 e. The predicted molar refractivity (Wildman–Crippen MR) is 142 cm³/mol. The Morgan fingerprint density at radius 3 is 2.38 bits per heavy atom. The number of benzene rings is 2.